The van der Waals surface area contributed by atoms with E-state index in [4.69, 9.17) is 4.74 Å². The molecule has 0 aromatic rings. The summed E-state index contributed by atoms with van der Waals surface area (Å²) in [5.74, 6) is 1.46. The molecule has 0 radical (unpaired) electrons. The number of nitrogens with zero attached hydrogens (tertiary/aromatic N) is 2. The van der Waals surface area contributed by atoms with Gasteiger partial charge in [-0.05, 0) is 25.4 Å². The molecule has 4 heteroatoms. The monoisotopic (exact) mass is 301 g/mol. The molecule has 1 heterocycles. The zero-order valence-electron chi connectivity index (χ0n) is 14.2. The first kappa shape index (κ1) is 20.8. The molecule has 1 saturated heterocycles. The molecule has 1 fully saturated rings. The highest BCUT2D eigenvalue weighted by atomic mass is 16.5. The molecule has 0 saturated carbocycles. The fraction of sp³-hybridized carbons (Fsp3) is 1.00. The van der Waals surface area contributed by atoms with E-state index in [1.54, 1.807) is 0 Å². The minimum atomic E-state index is 0. The Morgan fingerprint density at radius 3 is 2.57 bits per heavy atom. The number of morpholine rings is 1. The predicted octanol–water partition coefficient (Wildman–Crippen LogP) is 2.16. The van der Waals surface area contributed by atoms with Crippen LogP contribution in [0.15, 0.2) is 0 Å². The van der Waals surface area contributed by atoms with Crippen LogP contribution >= 0.6 is 0 Å². The molecule has 21 heavy (non-hydrogen) atoms. The number of rotatable bonds is 9. The average Bonchev–Trinajstić information content (AvgIpc) is 2.33. The normalized spacial score (nSPS) is 20.3. The lowest BCUT2D eigenvalue weighted by Gasteiger charge is -2.35. The highest BCUT2D eigenvalue weighted by molar-refractivity contribution is 4.75. The van der Waals surface area contributed by atoms with Crippen molar-refractivity contribution in [3.8, 4) is 0 Å². The number of hydrogen-bond acceptors (Lipinski definition) is 4. The molecular formula is C17H39N3O. The van der Waals surface area contributed by atoms with Gasteiger partial charge in [-0.3, -0.25) is 4.90 Å². The van der Waals surface area contributed by atoms with Gasteiger partial charge in [0.25, 0.3) is 0 Å². The molecule has 0 spiro atoms. The van der Waals surface area contributed by atoms with Crippen molar-refractivity contribution in [3.05, 3.63) is 0 Å². The Morgan fingerprint density at radius 1 is 1.24 bits per heavy atom. The minimum absolute atomic E-state index is 0. The largest absolute Gasteiger partial charge is 0.374 e. The Labute approximate surface area is 133 Å². The predicted molar refractivity (Wildman–Crippen MR) is 93.0 cm³/mol. The van der Waals surface area contributed by atoms with Crippen LogP contribution in [0, 0.1) is 11.8 Å². The zero-order valence-corrected chi connectivity index (χ0v) is 14.2. The molecular weight excluding hydrogens is 262 g/mol. The molecule has 1 N–H and O–H groups in total. The van der Waals surface area contributed by atoms with Crippen molar-refractivity contribution in [3.63, 3.8) is 0 Å². The van der Waals surface area contributed by atoms with Crippen molar-refractivity contribution in [2.24, 2.45) is 11.8 Å². The smallest absolute Gasteiger partial charge is 0.0829 e. The van der Waals surface area contributed by atoms with Crippen LogP contribution < -0.4 is 5.32 Å². The summed E-state index contributed by atoms with van der Waals surface area (Å²) in [7, 11) is 2.20. The van der Waals surface area contributed by atoms with Crippen LogP contribution in [0.25, 0.3) is 0 Å². The van der Waals surface area contributed by atoms with E-state index in [-0.39, 0.29) is 7.43 Å². The molecule has 0 aromatic carbocycles. The Hall–Kier alpha value is -0.160. The van der Waals surface area contributed by atoms with E-state index in [1.165, 1.54) is 0 Å². The molecule has 1 aliphatic rings. The lowest BCUT2D eigenvalue weighted by Crippen LogP contribution is -2.49. The lowest BCUT2D eigenvalue weighted by atomic mass is 10.2. The minimum Gasteiger partial charge on any atom is -0.374 e. The topological polar surface area (TPSA) is 27.7 Å². The van der Waals surface area contributed by atoms with Gasteiger partial charge in [0.15, 0.2) is 0 Å². The summed E-state index contributed by atoms with van der Waals surface area (Å²) >= 11 is 0. The maximum atomic E-state index is 5.90. The molecule has 0 bridgehead atoms. The quantitative estimate of drug-likeness (QED) is 0.661. The van der Waals surface area contributed by atoms with E-state index in [2.05, 4.69) is 49.9 Å². The van der Waals surface area contributed by atoms with Crippen LogP contribution in [-0.4, -0.2) is 75.4 Å². The second-order valence-electron chi connectivity index (χ2n) is 7.01. The van der Waals surface area contributed by atoms with Gasteiger partial charge in [-0.2, -0.15) is 0 Å². The van der Waals surface area contributed by atoms with E-state index in [0.717, 1.165) is 64.3 Å². The van der Waals surface area contributed by atoms with Crippen LogP contribution in [0.3, 0.4) is 0 Å². The average molecular weight is 302 g/mol. The third-order valence-corrected chi connectivity index (χ3v) is 3.57. The first-order valence-corrected chi connectivity index (χ1v) is 8.20. The summed E-state index contributed by atoms with van der Waals surface area (Å²) in [5, 5.41) is 3.52. The van der Waals surface area contributed by atoms with E-state index < -0.39 is 0 Å². The second kappa shape index (κ2) is 11.4. The fourth-order valence-corrected chi connectivity index (χ4v) is 2.77. The molecule has 0 unspecified atom stereocenters. The molecule has 1 aliphatic heterocycles. The molecule has 1 atom stereocenters. The molecule has 0 aromatic heterocycles. The van der Waals surface area contributed by atoms with Crippen LogP contribution in [0.1, 0.15) is 35.1 Å². The van der Waals surface area contributed by atoms with E-state index in [1.807, 2.05) is 0 Å². The van der Waals surface area contributed by atoms with Gasteiger partial charge in [-0.15, -0.1) is 0 Å². The zero-order chi connectivity index (χ0) is 15.0. The SMILES string of the molecule is C.CC(C)CNCCN1CCO[C@H](CN(C)CC(C)C)C1. The fourth-order valence-electron chi connectivity index (χ4n) is 2.77. The molecule has 4 nitrogen and oxygen atoms in total. The van der Waals surface area contributed by atoms with Crippen molar-refractivity contribution in [2.45, 2.75) is 41.2 Å². The first-order chi connectivity index (χ1) is 9.47. The maximum absolute atomic E-state index is 5.90. The molecule has 128 valence electrons. The van der Waals surface area contributed by atoms with Crippen LogP contribution in [0.5, 0.6) is 0 Å². The van der Waals surface area contributed by atoms with Crippen molar-refractivity contribution in [2.75, 3.05) is 59.5 Å². The maximum Gasteiger partial charge on any atom is 0.0829 e. The summed E-state index contributed by atoms with van der Waals surface area (Å²) < 4.78 is 5.90. The Morgan fingerprint density at radius 2 is 1.95 bits per heavy atom. The lowest BCUT2D eigenvalue weighted by molar-refractivity contribution is -0.0409. The summed E-state index contributed by atoms with van der Waals surface area (Å²) in [6, 6.07) is 0. The van der Waals surface area contributed by atoms with Gasteiger partial charge in [0.1, 0.15) is 0 Å². The number of ether oxygens (including phenoxy) is 1. The van der Waals surface area contributed by atoms with Gasteiger partial charge in [0.05, 0.1) is 12.7 Å². The summed E-state index contributed by atoms with van der Waals surface area (Å²) in [5.41, 5.74) is 0. The Bertz CT molecular complexity index is 246. The van der Waals surface area contributed by atoms with E-state index >= 15 is 0 Å². The van der Waals surface area contributed by atoms with Gasteiger partial charge in [0, 0.05) is 39.3 Å². The van der Waals surface area contributed by atoms with Crippen molar-refractivity contribution in [1.82, 2.24) is 15.1 Å². The van der Waals surface area contributed by atoms with Crippen molar-refractivity contribution >= 4 is 0 Å². The van der Waals surface area contributed by atoms with Crippen LogP contribution in [-0.2, 0) is 4.74 Å². The van der Waals surface area contributed by atoms with Crippen molar-refractivity contribution in [1.29, 1.82) is 0 Å². The van der Waals surface area contributed by atoms with E-state index in [9.17, 15) is 0 Å². The van der Waals surface area contributed by atoms with Gasteiger partial charge in [-0.1, -0.05) is 35.1 Å². The summed E-state index contributed by atoms with van der Waals surface area (Å²) in [6.45, 7) is 17.6. The van der Waals surface area contributed by atoms with Crippen LogP contribution in [0.4, 0.5) is 0 Å². The molecule has 0 amide bonds. The third kappa shape index (κ3) is 10.2. The van der Waals surface area contributed by atoms with Gasteiger partial charge < -0.3 is 15.0 Å². The number of nitrogens with one attached hydrogen (secondary N) is 1. The van der Waals surface area contributed by atoms with E-state index in [0.29, 0.717) is 6.10 Å². The number of hydrogen-bond donors (Lipinski definition) is 1. The first-order valence-electron chi connectivity index (χ1n) is 8.20. The summed E-state index contributed by atoms with van der Waals surface area (Å²) in [4.78, 5) is 4.93. The van der Waals surface area contributed by atoms with Gasteiger partial charge in [-0.25, -0.2) is 0 Å². The highest BCUT2D eigenvalue weighted by Gasteiger charge is 2.21. The standard InChI is InChI=1S/C16H35N3O.CH4/c1-14(2)10-17-6-7-19-8-9-20-16(13-19)12-18(5)11-15(3)4;/h14-17H,6-13H2,1-5H3;1H4/t16-;/m1./s1. The second-order valence-corrected chi connectivity index (χ2v) is 7.01. The van der Waals surface area contributed by atoms with Gasteiger partial charge >= 0.3 is 0 Å². The third-order valence-electron chi connectivity index (χ3n) is 3.57. The molecule has 1 rings (SSSR count). The van der Waals surface area contributed by atoms with Crippen molar-refractivity contribution < 1.29 is 4.74 Å². The Kier molecular flexibility index (Phi) is 11.3. The van der Waals surface area contributed by atoms with Gasteiger partial charge in [0.2, 0.25) is 0 Å². The highest BCUT2D eigenvalue weighted by Crippen LogP contribution is 2.07. The Balaban J connectivity index is 0.00000400. The van der Waals surface area contributed by atoms with Crippen LogP contribution in [0.2, 0.25) is 0 Å². The summed E-state index contributed by atoms with van der Waals surface area (Å²) in [6.07, 6.45) is 0.373. The number of likely N-dealkylation sites (N-methyl/N-ethyl adjacent to an activating group) is 1. The molecule has 0 aliphatic carbocycles.